The fourth-order valence-electron chi connectivity index (χ4n) is 1.28. The highest BCUT2D eigenvalue weighted by Gasteiger charge is 2.12. The van der Waals surface area contributed by atoms with E-state index in [1.807, 2.05) is 6.92 Å². The van der Waals surface area contributed by atoms with Crippen LogP contribution in [0, 0.1) is 5.82 Å². The summed E-state index contributed by atoms with van der Waals surface area (Å²) in [6.45, 7) is 2.62. The van der Waals surface area contributed by atoms with Crippen molar-refractivity contribution in [2.45, 2.75) is 13.3 Å². The molecule has 4 heteroatoms. The molecule has 0 heterocycles. The molecule has 0 atom stereocenters. The summed E-state index contributed by atoms with van der Waals surface area (Å²) < 4.78 is 13.4. The monoisotopic (exact) mass is 210 g/mol. The molecule has 15 heavy (non-hydrogen) atoms. The van der Waals surface area contributed by atoms with Crippen molar-refractivity contribution >= 4 is 11.6 Å². The first kappa shape index (κ1) is 11.5. The van der Waals surface area contributed by atoms with Crippen molar-refractivity contribution in [2.24, 2.45) is 0 Å². The maximum Gasteiger partial charge on any atom is 0.253 e. The Hall–Kier alpha value is -1.58. The maximum atomic E-state index is 13.4. The number of halogens is 1. The van der Waals surface area contributed by atoms with Gasteiger partial charge in [-0.05, 0) is 18.6 Å². The summed E-state index contributed by atoms with van der Waals surface area (Å²) in [7, 11) is 1.52. The van der Waals surface area contributed by atoms with E-state index in [4.69, 9.17) is 0 Å². The lowest BCUT2D eigenvalue weighted by molar-refractivity contribution is 0.0963. The third-order valence-electron chi connectivity index (χ3n) is 2.04. The first-order valence-corrected chi connectivity index (χ1v) is 4.95. The van der Waals surface area contributed by atoms with Gasteiger partial charge in [0.2, 0.25) is 0 Å². The molecule has 2 N–H and O–H groups in total. The molecule has 3 nitrogen and oxygen atoms in total. The van der Waals surface area contributed by atoms with Crippen LogP contribution < -0.4 is 10.6 Å². The Bertz CT molecular complexity index is 352. The normalized spacial score (nSPS) is 9.80. The van der Waals surface area contributed by atoms with Crippen molar-refractivity contribution in [3.63, 3.8) is 0 Å². The highest BCUT2D eigenvalue weighted by atomic mass is 19.1. The number of benzene rings is 1. The summed E-state index contributed by atoms with van der Waals surface area (Å²) in [6.07, 6.45) is 0.877. The van der Waals surface area contributed by atoms with Gasteiger partial charge in [-0.2, -0.15) is 0 Å². The Labute approximate surface area is 88.7 Å². The number of para-hydroxylation sites is 1. The molecule has 82 valence electrons. The molecule has 0 unspecified atom stereocenters. The molecule has 0 aliphatic carbocycles. The SMILES string of the molecule is CCCNc1c(F)cccc1C(=O)NC. The van der Waals surface area contributed by atoms with Crippen LogP contribution in [0.1, 0.15) is 23.7 Å². The molecule has 0 saturated heterocycles. The van der Waals surface area contributed by atoms with Crippen molar-refractivity contribution in [3.05, 3.63) is 29.6 Å². The lowest BCUT2D eigenvalue weighted by Crippen LogP contribution is -2.20. The van der Waals surface area contributed by atoms with Crippen molar-refractivity contribution in [1.29, 1.82) is 0 Å². The first-order valence-electron chi connectivity index (χ1n) is 4.95. The van der Waals surface area contributed by atoms with Gasteiger partial charge in [0.25, 0.3) is 5.91 Å². The quantitative estimate of drug-likeness (QED) is 0.798. The highest BCUT2D eigenvalue weighted by molar-refractivity contribution is 5.99. The van der Waals surface area contributed by atoms with Gasteiger partial charge >= 0.3 is 0 Å². The van der Waals surface area contributed by atoms with E-state index in [1.165, 1.54) is 19.2 Å². The average Bonchev–Trinajstić information content (AvgIpc) is 2.26. The number of hydrogen-bond donors (Lipinski definition) is 2. The minimum absolute atomic E-state index is 0.277. The Morgan fingerprint density at radius 3 is 2.80 bits per heavy atom. The van der Waals surface area contributed by atoms with Crippen molar-refractivity contribution in [1.82, 2.24) is 5.32 Å². The molecule has 1 aromatic carbocycles. The van der Waals surface area contributed by atoms with Crippen molar-refractivity contribution < 1.29 is 9.18 Å². The topological polar surface area (TPSA) is 41.1 Å². The Morgan fingerprint density at radius 1 is 1.47 bits per heavy atom. The van der Waals surface area contributed by atoms with Crippen LogP contribution in [-0.4, -0.2) is 19.5 Å². The first-order chi connectivity index (χ1) is 7.20. The van der Waals surface area contributed by atoms with Crippen molar-refractivity contribution in [3.8, 4) is 0 Å². The van der Waals surface area contributed by atoms with E-state index in [-0.39, 0.29) is 11.6 Å². The lowest BCUT2D eigenvalue weighted by Gasteiger charge is -2.11. The van der Waals surface area contributed by atoms with Crippen LogP contribution in [0.2, 0.25) is 0 Å². The summed E-state index contributed by atoms with van der Waals surface area (Å²) in [5.41, 5.74) is 0.615. The average molecular weight is 210 g/mol. The summed E-state index contributed by atoms with van der Waals surface area (Å²) in [6, 6.07) is 4.46. The van der Waals surface area contributed by atoms with E-state index in [9.17, 15) is 9.18 Å². The molecule has 1 aromatic rings. The van der Waals surface area contributed by atoms with E-state index in [1.54, 1.807) is 6.07 Å². The van der Waals surface area contributed by atoms with Crippen LogP contribution in [0.3, 0.4) is 0 Å². The lowest BCUT2D eigenvalue weighted by atomic mass is 10.1. The van der Waals surface area contributed by atoms with Crippen LogP contribution in [0.5, 0.6) is 0 Å². The molecule has 0 aromatic heterocycles. The maximum absolute atomic E-state index is 13.4. The second-order valence-electron chi connectivity index (χ2n) is 3.17. The smallest absolute Gasteiger partial charge is 0.253 e. The summed E-state index contributed by atoms with van der Waals surface area (Å²) >= 11 is 0. The molecule has 0 saturated carbocycles. The molecule has 0 fully saturated rings. The largest absolute Gasteiger partial charge is 0.382 e. The number of anilines is 1. The predicted molar refractivity (Wildman–Crippen MR) is 58.6 cm³/mol. The number of rotatable bonds is 4. The summed E-state index contributed by atoms with van der Waals surface area (Å²) in [4.78, 5) is 11.4. The molecule has 1 amide bonds. The van der Waals surface area contributed by atoms with Gasteiger partial charge in [-0.25, -0.2) is 4.39 Å². The number of nitrogens with one attached hydrogen (secondary N) is 2. The zero-order valence-electron chi connectivity index (χ0n) is 8.93. The Balaban J connectivity index is 3.03. The van der Waals surface area contributed by atoms with Crippen LogP contribution >= 0.6 is 0 Å². The van der Waals surface area contributed by atoms with Gasteiger partial charge < -0.3 is 10.6 Å². The zero-order valence-corrected chi connectivity index (χ0v) is 8.93. The van der Waals surface area contributed by atoms with Gasteiger partial charge in [-0.1, -0.05) is 13.0 Å². The highest BCUT2D eigenvalue weighted by Crippen LogP contribution is 2.19. The van der Waals surface area contributed by atoms with Gasteiger partial charge in [0.1, 0.15) is 5.82 Å². The van der Waals surface area contributed by atoms with Gasteiger partial charge in [-0.3, -0.25) is 4.79 Å². The predicted octanol–water partition coefficient (Wildman–Crippen LogP) is 2.01. The van der Waals surface area contributed by atoms with Crippen LogP contribution in [0.15, 0.2) is 18.2 Å². The number of carbonyl (C=O) groups excluding carboxylic acids is 1. The molecule has 0 aliphatic heterocycles. The van der Waals surface area contributed by atoms with Crippen LogP contribution in [-0.2, 0) is 0 Å². The van der Waals surface area contributed by atoms with Crippen LogP contribution in [0.4, 0.5) is 10.1 Å². The number of amides is 1. The zero-order chi connectivity index (χ0) is 11.3. The minimum atomic E-state index is -0.399. The Morgan fingerprint density at radius 2 is 2.20 bits per heavy atom. The Kier molecular flexibility index (Phi) is 4.09. The molecule has 1 rings (SSSR count). The third-order valence-corrected chi connectivity index (χ3v) is 2.04. The second kappa shape index (κ2) is 5.34. The molecule has 0 radical (unpaired) electrons. The molecular formula is C11H15FN2O. The van der Waals surface area contributed by atoms with Crippen molar-refractivity contribution in [2.75, 3.05) is 18.9 Å². The second-order valence-corrected chi connectivity index (χ2v) is 3.17. The van der Waals surface area contributed by atoms with Gasteiger partial charge in [0.05, 0.1) is 11.3 Å². The fourth-order valence-corrected chi connectivity index (χ4v) is 1.28. The van der Waals surface area contributed by atoms with Gasteiger partial charge in [0, 0.05) is 13.6 Å². The molecule has 0 spiro atoms. The van der Waals surface area contributed by atoms with Crippen LogP contribution in [0.25, 0.3) is 0 Å². The standard InChI is InChI=1S/C11H15FN2O/c1-3-7-14-10-8(11(15)13-2)5-4-6-9(10)12/h4-6,14H,3,7H2,1-2H3,(H,13,15). The summed E-state index contributed by atoms with van der Waals surface area (Å²) in [5, 5.41) is 5.39. The van der Waals surface area contributed by atoms with E-state index in [0.717, 1.165) is 6.42 Å². The van der Waals surface area contributed by atoms with Gasteiger partial charge in [-0.15, -0.1) is 0 Å². The number of hydrogen-bond acceptors (Lipinski definition) is 2. The van der Waals surface area contributed by atoms with E-state index >= 15 is 0 Å². The minimum Gasteiger partial charge on any atom is -0.382 e. The van der Waals surface area contributed by atoms with E-state index < -0.39 is 5.82 Å². The fraction of sp³-hybridized carbons (Fsp3) is 0.364. The summed E-state index contributed by atoms with van der Waals surface area (Å²) in [5.74, 6) is -0.683. The molecular weight excluding hydrogens is 195 g/mol. The van der Waals surface area contributed by atoms with Gasteiger partial charge in [0.15, 0.2) is 0 Å². The number of carbonyl (C=O) groups is 1. The third kappa shape index (κ3) is 2.68. The molecule has 0 bridgehead atoms. The molecule has 0 aliphatic rings. The van der Waals surface area contributed by atoms with E-state index in [2.05, 4.69) is 10.6 Å². The van der Waals surface area contributed by atoms with E-state index in [0.29, 0.717) is 12.1 Å².